The predicted molar refractivity (Wildman–Crippen MR) is 63.9 cm³/mol. The van der Waals surface area contributed by atoms with Crippen molar-refractivity contribution in [3.63, 3.8) is 0 Å². The molecule has 1 heterocycles. The highest BCUT2D eigenvalue weighted by Crippen LogP contribution is 2.40. The molecular formula is C7H9O2S4-. The molecule has 0 amide bonds. The molecule has 0 fully saturated rings. The average molecular weight is 253 g/mol. The number of hydrogen-bond donors (Lipinski definition) is 0. The molecule has 0 N–H and O–H groups in total. The third-order valence-corrected chi connectivity index (χ3v) is 5.51. The third kappa shape index (κ3) is 4.01. The first kappa shape index (κ1) is 11.6. The van der Waals surface area contributed by atoms with Gasteiger partial charge in [0.15, 0.2) is 0 Å². The highest BCUT2D eigenvalue weighted by atomic mass is 32.2. The number of ether oxygens (including phenoxy) is 1. The first-order valence-electron chi connectivity index (χ1n) is 3.75. The van der Waals surface area contributed by atoms with Gasteiger partial charge in [0.05, 0.1) is 6.61 Å². The van der Waals surface area contributed by atoms with Gasteiger partial charge in [-0.1, -0.05) is 0 Å². The molecule has 0 saturated heterocycles. The smallest absolute Gasteiger partial charge is 0.372 e. The predicted octanol–water partition coefficient (Wildman–Crippen LogP) is 3.03. The van der Waals surface area contributed by atoms with Gasteiger partial charge in [-0.15, -0.1) is 16.0 Å². The van der Waals surface area contributed by atoms with Crippen LogP contribution < -0.4 is 0 Å². The van der Waals surface area contributed by atoms with Crippen LogP contribution in [-0.2, 0) is 17.4 Å². The summed E-state index contributed by atoms with van der Waals surface area (Å²) in [5, 5.41) is -0.255. The van der Waals surface area contributed by atoms with Crippen molar-refractivity contribution in [2.24, 2.45) is 0 Å². The molecule has 0 aromatic carbocycles. The highest BCUT2D eigenvalue weighted by molar-refractivity contribution is 8.31. The largest absolute Gasteiger partial charge is 0.771 e. The Hall–Kier alpha value is 0.480. The van der Waals surface area contributed by atoms with E-state index < -0.39 is 0 Å². The zero-order chi connectivity index (χ0) is 9.68. The van der Waals surface area contributed by atoms with Gasteiger partial charge in [0.25, 0.3) is 0 Å². The van der Waals surface area contributed by atoms with Crippen LogP contribution in [0.5, 0.6) is 0 Å². The Balaban J connectivity index is 2.46. The maximum absolute atomic E-state index is 11.1. The summed E-state index contributed by atoms with van der Waals surface area (Å²) in [6.07, 6.45) is 0. The Morgan fingerprint density at radius 1 is 1.62 bits per heavy atom. The van der Waals surface area contributed by atoms with E-state index in [-0.39, 0.29) is 5.30 Å². The van der Waals surface area contributed by atoms with Crippen LogP contribution in [-0.4, -0.2) is 23.4 Å². The third-order valence-electron chi connectivity index (χ3n) is 1.15. The van der Waals surface area contributed by atoms with Gasteiger partial charge in [0.1, 0.15) is 0 Å². The molecule has 0 aliphatic carbocycles. The molecule has 0 aromatic rings. The van der Waals surface area contributed by atoms with Crippen molar-refractivity contribution in [1.82, 2.24) is 0 Å². The Labute approximate surface area is 96.0 Å². The van der Waals surface area contributed by atoms with E-state index in [1.165, 1.54) is 0 Å². The molecule has 2 nitrogen and oxygen atoms in total. The standard InChI is InChI=1S/C7H10O2S4/c1-2-9-7(8)13-6-5(10)11-3-4-12-6/h10H,2-4H2,1H3/p-1. The van der Waals surface area contributed by atoms with E-state index in [4.69, 9.17) is 17.4 Å². The van der Waals surface area contributed by atoms with E-state index in [2.05, 4.69) is 0 Å². The van der Waals surface area contributed by atoms with Gasteiger partial charge in [-0.3, -0.25) is 0 Å². The van der Waals surface area contributed by atoms with Crippen LogP contribution in [0.1, 0.15) is 6.92 Å². The van der Waals surface area contributed by atoms with Crippen molar-refractivity contribution < 1.29 is 9.53 Å². The molecule has 1 aliphatic heterocycles. The Bertz CT molecular complexity index is 227. The minimum absolute atomic E-state index is 0.255. The van der Waals surface area contributed by atoms with Crippen molar-refractivity contribution in [3.8, 4) is 0 Å². The molecule has 0 radical (unpaired) electrons. The van der Waals surface area contributed by atoms with E-state index in [0.717, 1.165) is 31.7 Å². The van der Waals surface area contributed by atoms with Gasteiger partial charge in [0.2, 0.25) is 0 Å². The summed E-state index contributed by atoms with van der Waals surface area (Å²) in [5.41, 5.74) is 0. The molecular weight excluding hydrogens is 244 g/mol. The van der Waals surface area contributed by atoms with Crippen molar-refractivity contribution in [1.29, 1.82) is 0 Å². The summed E-state index contributed by atoms with van der Waals surface area (Å²) in [5.74, 6) is 2.06. The van der Waals surface area contributed by atoms with Crippen molar-refractivity contribution in [3.05, 3.63) is 8.47 Å². The minimum atomic E-state index is -0.255. The van der Waals surface area contributed by atoms with Crippen LogP contribution in [0.15, 0.2) is 8.47 Å². The lowest BCUT2D eigenvalue weighted by Crippen LogP contribution is -1.99. The van der Waals surface area contributed by atoms with Gasteiger partial charge in [0, 0.05) is 15.7 Å². The number of rotatable bonds is 2. The lowest BCUT2D eigenvalue weighted by atomic mass is 10.9. The van der Waals surface area contributed by atoms with Crippen molar-refractivity contribution >= 4 is 53.2 Å². The first-order valence-corrected chi connectivity index (χ1v) is 6.95. The second kappa shape index (κ2) is 6.06. The minimum Gasteiger partial charge on any atom is -0.771 e. The van der Waals surface area contributed by atoms with Crippen molar-refractivity contribution in [2.75, 3.05) is 18.1 Å². The Kier molecular flexibility index (Phi) is 5.38. The first-order chi connectivity index (χ1) is 6.24. The second-order valence-corrected chi connectivity index (χ2v) is 6.14. The molecule has 74 valence electrons. The lowest BCUT2D eigenvalue weighted by Gasteiger charge is -2.21. The zero-order valence-corrected chi connectivity index (χ0v) is 10.3. The van der Waals surface area contributed by atoms with Crippen LogP contribution >= 0.6 is 35.3 Å². The van der Waals surface area contributed by atoms with Gasteiger partial charge in [-0.25, -0.2) is 4.79 Å². The molecule has 0 unspecified atom stereocenters. The maximum atomic E-state index is 11.1. The number of carbonyl (C=O) groups is 1. The Morgan fingerprint density at radius 3 is 2.92 bits per heavy atom. The molecule has 6 heteroatoms. The molecule has 0 spiro atoms. The quantitative estimate of drug-likeness (QED) is 0.554. The fourth-order valence-corrected chi connectivity index (χ4v) is 4.26. The Morgan fingerprint density at radius 2 is 2.31 bits per heavy atom. The summed E-state index contributed by atoms with van der Waals surface area (Å²) in [4.78, 5) is 11.1. The number of thioether (sulfide) groups is 3. The zero-order valence-electron chi connectivity index (χ0n) is 7.07. The molecule has 0 aromatic heterocycles. The summed E-state index contributed by atoms with van der Waals surface area (Å²) in [6, 6.07) is 0. The van der Waals surface area contributed by atoms with Crippen molar-refractivity contribution in [2.45, 2.75) is 6.92 Å². The summed E-state index contributed by atoms with van der Waals surface area (Å²) in [6.45, 7) is 2.22. The molecule has 1 rings (SSSR count). The van der Waals surface area contributed by atoms with Crippen LogP contribution in [0.4, 0.5) is 4.79 Å². The fraction of sp³-hybridized carbons (Fsp3) is 0.571. The number of hydrogen-bond acceptors (Lipinski definition) is 6. The van der Waals surface area contributed by atoms with Crippen LogP contribution in [0.3, 0.4) is 0 Å². The number of carbonyl (C=O) groups excluding carboxylic acids is 1. The van der Waals surface area contributed by atoms with E-state index in [1.807, 2.05) is 0 Å². The maximum Gasteiger partial charge on any atom is 0.372 e. The molecule has 0 bridgehead atoms. The topological polar surface area (TPSA) is 26.3 Å². The van der Waals surface area contributed by atoms with Crippen LogP contribution in [0.25, 0.3) is 0 Å². The highest BCUT2D eigenvalue weighted by Gasteiger charge is 2.12. The van der Waals surface area contributed by atoms with Gasteiger partial charge >= 0.3 is 5.30 Å². The van der Waals surface area contributed by atoms with Gasteiger partial charge in [-0.2, -0.15) is 11.8 Å². The van der Waals surface area contributed by atoms with E-state index >= 15 is 0 Å². The molecule has 0 saturated carbocycles. The second-order valence-electron chi connectivity index (χ2n) is 2.06. The van der Waals surface area contributed by atoms with Crippen LogP contribution in [0, 0.1) is 0 Å². The summed E-state index contributed by atoms with van der Waals surface area (Å²) in [7, 11) is 0. The van der Waals surface area contributed by atoms with E-state index in [0.29, 0.717) is 6.61 Å². The normalized spacial score (nSPS) is 17.3. The average Bonchev–Trinajstić information content (AvgIpc) is 2.09. The summed E-state index contributed by atoms with van der Waals surface area (Å²) >= 11 is 9.49. The van der Waals surface area contributed by atoms with Gasteiger partial charge in [-0.05, 0) is 18.7 Å². The molecule has 1 aliphatic rings. The van der Waals surface area contributed by atoms with Crippen LogP contribution in [0.2, 0.25) is 0 Å². The van der Waals surface area contributed by atoms with Gasteiger partial charge < -0.3 is 17.4 Å². The molecule has 0 atom stereocenters. The SMILES string of the molecule is CCOC(=O)SC1=C([S-])SCCS1. The fourth-order valence-electron chi connectivity index (χ4n) is 0.681. The van der Waals surface area contributed by atoms with E-state index in [1.54, 1.807) is 30.4 Å². The monoisotopic (exact) mass is 253 g/mol. The summed E-state index contributed by atoms with van der Waals surface area (Å²) < 4.78 is 6.56. The lowest BCUT2D eigenvalue weighted by molar-refractivity contribution is 0.181. The van der Waals surface area contributed by atoms with E-state index in [9.17, 15) is 4.79 Å². The molecule has 13 heavy (non-hydrogen) atoms.